The number of benzene rings is 2. The van der Waals surface area contributed by atoms with Gasteiger partial charge in [0, 0.05) is 31.8 Å². The number of amides is 2. The van der Waals surface area contributed by atoms with Crippen molar-refractivity contribution < 1.29 is 14.5 Å². The van der Waals surface area contributed by atoms with E-state index in [0.29, 0.717) is 28.0 Å². The first-order valence-electron chi connectivity index (χ1n) is 9.81. The molecule has 0 fully saturated rings. The zero-order chi connectivity index (χ0) is 22.1. The Balaban J connectivity index is 1.67. The SMILES string of the molecule is C[C@@H]1CC(=O)Nc2ccccc2N1C(=O)CN(C)c1ccc([N+](=O)[O-])c2cccnc12. The van der Waals surface area contributed by atoms with E-state index in [4.69, 9.17) is 0 Å². The summed E-state index contributed by atoms with van der Waals surface area (Å²) >= 11 is 0. The van der Waals surface area contributed by atoms with Crippen LogP contribution in [0.15, 0.2) is 54.7 Å². The quantitative estimate of drug-likeness (QED) is 0.513. The highest BCUT2D eigenvalue weighted by Gasteiger charge is 2.30. The van der Waals surface area contributed by atoms with Crippen molar-refractivity contribution in [3.63, 3.8) is 0 Å². The lowest BCUT2D eigenvalue weighted by Gasteiger charge is -2.30. The number of para-hydroxylation sites is 2. The van der Waals surface area contributed by atoms with Crippen LogP contribution in [0.5, 0.6) is 0 Å². The zero-order valence-corrected chi connectivity index (χ0v) is 17.1. The highest BCUT2D eigenvalue weighted by Crippen LogP contribution is 2.33. The number of hydrogen-bond donors (Lipinski definition) is 1. The smallest absolute Gasteiger partial charge is 0.278 e. The van der Waals surface area contributed by atoms with E-state index in [1.54, 1.807) is 59.4 Å². The summed E-state index contributed by atoms with van der Waals surface area (Å²) in [7, 11) is 1.74. The molecular formula is C22H21N5O4. The first-order valence-corrected chi connectivity index (χ1v) is 9.81. The van der Waals surface area contributed by atoms with Crippen LogP contribution in [0.3, 0.4) is 0 Å². The van der Waals surface area contributed by atoms with Crippen LogP contribution in [0.1, 0.15) is 13.3 Å². The van der Waals surface area contributed by atoms with Crippen LogP contribution < -0.4 is 15.1 Å². The number of non-ortho nitro benzene ring substituents is 1. The number of carbonyl (C=O) groups excluding carboxylic acids is 2. The molecule has 0 saturated heterocycles. The van der Waals surface area contributed by atoms with Crippen LogP contribution in [0.4, 0.5) is 22.7 Å². The number of fused-ring (bicyclic) bond motifs is 2. The number of pyridine rings is 1. The summed E-state index contributed by atoms with van der Waals surface area (Å²) in [5, 5.41) is 14.6. The van der Waals surface area contributed by atoms with E-state index in [0.717, 1.165) is 0 Å². The van der Waals surface area contributed by atoms with Gasteiger partial charge in [-0.1, -0.05) is 12.1 Å². The molecule has 158 valence electrons. The third-order valence-corrected chi connectivity index (χ3v) is 5.33. The van der Waals surface area contributed by atoms with E-state index < -0.39 is 4.92 Å². The van der Waals surface area contributed by atoms with Gasteiger partial charge < -0.3 is 15.1 Å². The van der Waals surface area contributed by atoms with Crippen molar-refractivity contribution in [2.75, 3.05) is 28.7 Å². The third-order valence-electron chi connectivity index (χ3n) is 5.33. The number of hydrogen-bond acceptors (Lipinski definition) is 6. The van der Waals surface area contributed by atoms with Gasteiger partial charge in [-0.2, -0.15) is 0 Å². The minimum absolute atomic E-state index is 0.0103. The second-order valence-electron chi connectivity index (χ2n) is 7.50. The first kappa shape index (κ1) is 20.3. The summed E-state index contributed by atoms with van der Waals surface area (Å²) in [6.45, 7) is 1.85. The molecule has 1 aliphatic heterocycles. The maximum atomic E-state index is 13.3. The van der Waals surface area contributed by atoms with E-state index >= 15 is 0 Å². The molecule has 0 unspecified atom stereocenters. The van der Waals surface area contributed by atoms with Crippen LogP contribution in [0.2, 0.25) is 0 Å². The number of carbonyl (C=O) groups is 2. The number of nitro groups is 1. The van der Waals surface area contributed by atoms with Gasteiger partial charge in [0.05, 0.1) is 33.9 Å². The Morgan fingerprint density at radius 1 is 1.26 bits per heavy atom. The molecule has 1 N–H and O–H groups in total. The summed E-state index contributed by atoms with van der Waals surface area (Å²) in [4.78, 5) is 44.1. The summed E-state index contributed by atoms with van der Waals surface area (Å²) in [6, 6.07) is 13.2. The van der Waals surface area contributed by atoms with Gasteiger partial charge in [-0.3, -0.25) is 24.7 Å². The van der Waals surface area contributed by atoms with Gasteiger partial charge in [-0.25, -0.2) is 0 Å². The molecule has 0 radical (unpaired) electrons. The topological polar surface area (TPSA) is 109 Å². The Morgan fingerprint density at radius 3 is 2.81 bits per heavy atom. The number of anilines is 3. The fraction of sp³-hybridized carbons (Fsp3) is 0.227. The zero-order valence-electron chi connectivity index (χ0n) is 17.1. The van der Waals surface area contributed by atoms with Crippen molar-refractivity contribution in [1.82, 2.24) is 4.98 Å². The van der Waals surface area contributed by atoms with Crippen LogP contribution in [-0.2, 0) is 9.59 Å². The molecule has 3 aromatic rings. The lowest BCUT2D eigenvalue weighted by atomic mass is 10.1. The van der Waals surface area contributed by atoms with Crippen molar-refractivity contribution in [3.05, 3.63) is 64.8 Å². The number of nitro benzene ring substituents is 1. The molecule has 9 heteroatoms. The fourth-order valence-electron chi connectivity index (χ4n) is 3.94. The number of rotatable bonds is 4. The van der Waals surface area contributed by atoms with E-state index in [1.807, 2.05) is 13.0 Å². The molecule has 0 bridgehead atoms. The molecule has 1 aliphatic rings. The van der Waals surface area contributed by atoms with Gasteiger partial charge in [0.1, 0.15) is 5.52 Å². The van der Waals surface area contributed by atoms with E-state index in [1.165, 1.54) is 6.07 Å². The fourth-order valence-corrected chi connectivity index (χ4v) is 3.94. The van der Waals surface area contributed by atoms with Crippen molar-refractivity contribution in [2.45, 2.75) is 19.4 Å². The van der Waals surface area contributed by atoms with Crippen molar-refractivity contribution in [2.24, 2.45) is 0 Å². The van der Waals surface area contributed by atoms with Crippen LogP contribution in [0.25, 0.3) is 10.9 Å². The number of nitrogens with zero attached hydrogens (tertiary/aromatic N) is 4. The average molecular weight is 419 g/mol. The molecule has 0 saturated carbocycles. The van der Waals surface area contributed by atoms with Crippen LogP contribution >= 0.6 is 0 Å². The van der Waals surface area contributed by atoms with E-state index in [-0.39, 0.29) is 36.5 Å². The molecule has 0 aliphatic carbocycles. The molecule has 2 aromatic carbocycles. The minimum Gasteiger partial charge on any atom is -0.363 e. The number of likely N-dealkylation sites (N-methyl/N-ethyl adjacent to an activating group) is 1. The van der Waals surface area contributed by atoms with Gasteiger partial charge in [-0.15, -0.1) is 0 Å². The third kappa shape index (κ3) is 3.77. The average Bonchev–Trinajstić information content (AvgIpc) is 2.86. The van der Waals surface area contributed by atoms with Crippen molar-refractivity contribution >= 4 is 45.5 Å². The lowest BCUT2D eigenvalue weighted by Crippen LogP contribution is -2.44. The van der Waals surface area contributed by atoms with Gasteiger partial charge in [0.25, 0.3) is 5.69 Å². The molecule has 9 nitrogen and oxygen atoms in total. The Bertz CT molecular complexity index is 1200. The Kier molecular flexibility index (Phi) is 5.24. The summed E-state index contributed by atoms with van der Waals surface area (Å²) in [5.41, 5.74) is 2.26. The molecular weight excluding hydrogens is 398 g/mol. The van der Waals surface area contributed by atoms with Crippen molar-refractivity contribution in [3.8, 4) is 0 Å². The first-order chi connectivity index (χ1) is 14.9. The van der Waals surface area contributed by atoms with Crippen LogP contribution in [0, 0.1) is 10.1 Å². The summed E-state index contributed by atoms with van der Waals surface area (Å²) < 4.78 is 0. The highest BCUT2D eigenvalue weighted by molar-refractivity contribution is 6.06. The normalized spacial score (nSPS) is 15.7. The number of aromatic nitrogens is 1. The second kappa shape index (κ2) is 8.02. The van der Waals surface area contributed by atoms with Gasteiger partial charge in [0.2, 0.25) is 11.8 Å². The monoisotopic (exact) mass is 419 g/mol. The Labute approximate surface area is 178 Å². The Morgan fingerprint density at radius 2 is 2.03 bits per heavy atom. The highest BCUT2D eigenvalue weighted by atomic mass is 16.6. The molecule has 0 spiro atoms. The molecule has 2 amide bonds. The predicted octanol–water partition coefficient (Wildman–Crippen LogP) is 3.34. The van der Waals surface area contributed by atoms with Gasteiger partial charge in [-0.05, 0) is 37.3 Å². The standard InChI is InChI=1S/C22H21N5O4/c1-14-12-20(28)24-16-7-3-4-8-18(16)26(14)21(29)13-25(2)19-10-9-17(27(30)31)15-6-5-11-23-22(15)19/h3-11,14H,12-13H2,1-2H3,(H,24,28)/t14-/m1/s1. The maximum Gasteiger partial charge on any atom is 0.278 e. The molecule has 1 aromatic heterocycles. The van der Waals surface area contributed by atoms with E-state index in [9.17, 15) is 19.7 Å². The molecule has 31 heavy (non-hydrogen) atoms. The largest absolute Gasteiger partial charge is 0.363 e. The molecule has 1 atom stereocenters. The van der Waals surface area contributed by atoms with E-state index in [2.05, 4.69) is 10.3 Å². The lowest BCUT2D eigenvalue weighted by molar-refractivity contribution is -0.383. The summed E-state index contributed by atoms with van der Waals surface area (Å²) in [6.07, 6.45) is 1.75. The van der Waals surface area contributed by atoms with Crippen LogP contribution in [-0.4, -0.2) is 41.4 Å². The summed E-state index contributed by atoms with van der Waals surface area (Å²) in [5.74, 6) is -0.337. The van der Waals surface area contributed by atoms with Gasteiger partial charge >= 0.3 is 0 Å². The molecule has 2 heterocycles. The predicted molar refractivity (Wildman–Crippen MR) is 118 cm³/mol. The molecule has 4 rings (SSSR count). The minimum atomic E-state index is -0.446. The Hall–Kier alpha value is -4.01. The maximum absolute atomic E-state index is 13.3. The number of nitrogens with one attached hydrogen (secondary N) is 1. The van der Waals surface area contributed by atoms with Gasteiger partial charge in [0.15, 0.2) is 0 Å². The van der Waals surface area contributed by atoms with Crippen molar-refractivity contribution in [1.29, 1.82) is 0 Å². The second-order valence-corrected chi connectivity index (χ2v) is 7.50.